The van der Waals surface area contributed by atoms with Crippen molar-refractivity contribution in [1.82, 2.24) is 10.3 Å². The SMILES string of the molecule is C[C@H](NC(=O)OC(C)(C)C)[C@@H]1CCCN(c2ncccc2F)C1. The van der Waals surface area contributed by atoms with E-state index in [1.54, 1.807) is 12.3 Å². The van der Waals surface area contributed by atoms with Crippen molar-refractivity contribution in [3.63, 3.8) is 0 Å². The number of anilines is 1. The molecule has 0 unspecified atom stereocenters. The minimum atomic E-state index is -0.514. The summed E-state index contributed by atoms with van der Waals surface area (Å²) in [6, 6.07) is 2.97. The topological polar surface area (TPSA) is 54.5 Å². The number of hydrogen-bond donors (Lipinski definition) is 1. The molecular formula is C17H26FN3O2. The van der Waals surface area contributed by atoms with Gasteiger partial charge in [-0.1, -0.05) is 0 Å². The van der Waals surface area contributed by atoms with E-state index < -0.39 is 11.7 Å². The van der Waals surface area contributed by atoms with E-state index in [1.807, 2.05) is 32.6 Å². The van der Waals surface area contributed by atoms with Gasteiger partial charge in [-0.05, 0) is 58.6 Å². The van der Waals surface area contributed by atoms with E-state index in [9.17, 15) is 9.18 Å². The minimum absolute atomic E-state index is 0.0422. The molecule has 1 saturated heterocycles. The first-order valence-corrected chi connectivity index (χ1v) is 8.11. The summed E-state index contributed by atoms with van der Waals surface area (Å²) in [6.07, 6.45) is 3.12. The summed E-state index contributed by atoms with van der Waals surface area (Å²) in [7, 11) is 0. The molecule has 0 saturated carbocycles. The molecule has 6 heteroatoms. The standard InChI is InChI=1S/C17H26FN3O2/c1-12(20-16(22)23-17(2,3)4)13-7-6-10-21(11-13)15-14(18)8-5-9-19-15/h5,8-9,12-13H,6-7,10-11H2,1-4H3,(H,20,22)/t12-,13+/m0/s1. The first-order valence-electron chi connectivity index (χ1n) is 8.11. The first kappa shape index (κ1) is 17.5. The Balaban J connectivity index is 1.95. The van der Waals surface area contributed by atoms with E-state index in [4.69, 9.17) is 4.74 Å². The Bertz CT molecular complexity index is 545. The van der Waals surface area contributed by atoms with Gasteiger partial charge in [0.2, 0.25) is 0 Å². The lowest BCUT2D eigenvalue weighted by Crippen LogP contribution is -2.47. The second-order valence-corrected chi connectivity index (χ2v) is 7.09. The number of piperidine rings is 1. The van der Waals surface area contributed by atoms with Gasteiger partial charge >= 0.3 is 6.09 Å². The van der Waals surface area contributed by atoms with Crippen LogP contribution in [-0.4, -0.2) is 35.8 Å². The van der Waals surface area contributed by atoms with Gasteiger partial charge < -0.3 is 15.0 Å². The van der Waals surface area contributed by atoms with Crippen LogP contribution in [0, 0.1) is 11.7 Å². The number of rotatable bonds is 3. The number of hydrogen-bond acceptors (Lipinski definition) is 4. The predicted molar refractivity (Wildman–Crippen MR) is 88.0 cm³/mol. The zero-order chi connectivity index (χ0) is 17.0. The molecule has 1 aromatic rings. The lowest BCUT2D eigenvalue weighted by atomic mass is 9.91. The van der Waals surface area contributed by atoms with Crippen LogP contribution >= 0.6 is 0 Å². The molecule has 0 aliphatic carbocycles. The lowest BCUT2D eigenvalue weighted by molar-refractivity contribution is 0.0489. The maximum atomic E-state index is 13.9. The summed E-state index contributed by atoms with van der Waals surface area (Å²) in [4.78, 5) is 18.0. The highest BCUT2D eigenvalue weighted by molar-refractivity contribution is 5.68. The number of nitrogens with one attached hydrogen (secondary N) is 1. The largest absolute Gasteiger partial charge is 0.444 e. The zero-order valence-corrected chi connectivity index (χ0v) is 14.3. The Morgan fingerprint density at radius 2 is 2.26 bits per heavy atom. The van der Waals surface area contributed by atoms with Gasteiger partial charge in [-0.2, -0.15) is 0 Å². The van der Waals surface area contributed by atoms with Crippen LogP contribution in [0.25, 0.3) is 0 Å². The van der Waals surface area contributed by atoms with Crippen LogP contribution in [0.15, 0.2) is 18.3 Å². The molecule has 1 aliphatic rings. The number of amides is 1. The van der Waals surface area contributed by atoms with E-state index in [1.165, 1.54) is 6.07 Å². The average molecular weight is 323 g/mol. The maximum absolute atomic E-state index is 13.9. The fourth-order valence-electron chi connectivity index (χ4n) is 2.83. The van der Waals surface area contributed by atoms with Crippen LogP contribution in [0.4, 0.5) is 15.0 Å². The molecule has 1 amide bonds. The number of pyridine rings is 1. The van der Waals surface area contributed by atoms with Gasteiger partial charge in [-0.3, -0.25) is 0 Å². The second kappa shape index (κ2) is 7.15. The second-order valence-electron chi connectivity index (χ2n) is 7.09. The van der Waals surface area contributed by atoms with Crippen molar-refractivity contribution < 1.29 is 13.9 Å². The van der Waals surface area contributed by atoms with Crippen molar-refractivity contribution in [3.05, 3.63) is 24.1 Å². The van der Waals surface area contributed by atoms with Gasteiger partial charge in [-0.25, -0.2) is 14.2 Å². The number of alkyl carbamates (subject to hydrolysis) is 1. The zero-order valence-electron chi connectivity index (χ0n) is 14.3. The van der Waals surface area contributed by atoms with Gasteiger partial charge in [0.05, 0.1) is 0 Å². The molecule has 1 aliphatic heterocycles. The fourth-order valence-corrected chi connectivity index (χ4v) is 2.83. The van der Waals surface area contributed by atoms with E-state index in [-0.39, 0.29) is 17.8 Å². The Kier molecular flexibility index (Phi) is 5.44. The Morgan fingerprint density at radius 3 is 2.91 bits per heavy atom. The average Bonchev–Trinajstić information content (AvgIpc) is 2.45. The van der Waals surface area contributed by atoms with Gasteiger partial charge in [0.25, 0.3) is 0 Å². The molecule has 0 bridgehead atoms. The normalized spacial score (nSPS) is 20.0. The molecule has 0 radical (unpaired) electrons. The highest BCUT2D eigenvalue weighted by atomic mass is 19.1. The molecular weight excluding hydrogens is 297 g/mol. The number of nitrogens with zero attached hydrogens (tertiary/aromatic N) is 2. The monoisotopic (exact) mass is 323 g/mol. The number of carbonyl (C=O) groups is 1. The number of ether oxygens (including phenoxy) is 1. The van der Waals surface area contributed by atoms with Gasteiger partial charge in [0.1, 0.15) is 5.60 Å². The van der Waals surface area contributed by atoms with E-state index in [2.05, 4.69) is 10.3 Å². The summed E-state index contributed by atoms with van der Waals surface area (Å²) < 4.78 is 19.2. The van der Waals surface area contributed by atoms with Crippen LogP contribution in [0.1, 0.15) is 40.5 Å². The van der Waals surface area contributed by atoms with E-state index in [0.29, 0.717) is 12.4 Å². The number of halogens is 1. The third kappa shape index (κ3) is 5.08. The van der Waals surface area contributed by atoms with Crippen LogP contribution in [0.2, 0.25) is 0 Å². The molecule has 5 nitrogen and oxygen atoms in total. The molecule has 2 heterocycles. The highest BCUT2D eigenvalue weighted by Crippen LogP contribution is 2.25. The summed E-state index contributed by atoms with van der Waals surface area (Å²) in [5, 5.41) is 2.89. The maximum Gasteiger partial charge on any atom is 0.407 e. The Hall–Kier alpha value is -1.85. The van der Waals surface area contributed by atoms with E-state index in [0.717, 1.165) is 19.4 Å². The minimum Gasteiger partial charge on any atom is -0.444 e. The third-order valence-corrected chi connectivity index (χ3v) is 3.95. The third-order valence-electron chi connectivity index (χ3n) is 3.95. The summed E-state index contributed by atoms with van der Waals surface area (Å²) in [6.45, 7) is 8.93. The van der Waals surface area contributed by atoms with E-state index >= 15 is 0 Å². The Morgan fingerprint density at radius 1 is 1.52 bits per heavy atom. The summed E-state index contributed by atoms with van der Waals surface area (Å²) in [5.41, 5.74) is -0.514. The predicted octanol–water partition coefficient (Wildman–Crippen LogP) is 3.35. The summed E-state index contributed by atoms with van der Waals surface area (Å²) in [5.74, 6) is 0.320. The number of aromatic nitrogens is 1. The lowest BCUT2D eigenvalue weighted by Gasteiger charge is -2.36. The first-order chi connectivity index (χ1) is 10.8. The van der Waals surface area contributed by atoms with Crippen molar-refractivity contribution in [2.24, 2.45) is 5.92 Å². The summed E-state index contributed by atoms with van der Waals surface area (Å²) >= 11 is 0. The quantitative estimate of drug-likeness (QED) is 0.927. The van der Waals surface area contributed by atoms with Gasteiger partial charge in [0, 0.05) is 25.3 Å². The van der Waals surface area contributed by atoms with Crippen LogP contribution in [0.3, 0.4) is 0 Å². The molecule has 23 heavy (non-hydrogen) atoms. The molecule has 2 rings (SSSR count). The van der Waals surface area contributed by atoms with Crippen molar-refractivity contribution in [2.75, 3.05) is 18.0 Å². The van der Waals surface area contributed by atoms with Gasteiger partial charge in [-0.15, -0.1) is 0 Å². The molecule has 2 atom stereocenters. The number of carbonyl (C=O) groups excluding carboxylic acids is 1. The van der Waals surface area contributed by atoms with Crippen molar-refractivity contribution in [2.45, 2.75) is 52.2 Å². The molecule has 1 N–H and O–H groups in total. The van der Waals surface area contributed by atoms with Gasteiger partial charge in [0.15, 0.2) is 11.6 Å². The van der Waals surface area contributed by atoms with Crippen molar-refractivity contribution in [1.29, 1.82) is 0 Å². The van der Waals surface area contributed by atoms with Crippen LogP contribution in [0.5, 0.6) is 0 Å². The molecule has 0 aromatic carbocycles. The van der Waals surface area contributed by atoms with Crippen LogP contribution in [-0.2, 0) is 4.74 Å². The molecule has 1 aromatic heterocycles. The molecule has 0 spiro atoms. The molecule has 128 valence electrons. The highest BCUT2D eigenvalue weighted by Gasteiger charge is 2.28. The Labute approximate surface area is 137 Å². The smallest absolute Gasteiger partial charge is 0.407 e. The van der Waals surface area contributed by atoms with Crippen molar-refractivity contribution in [3.8, 4) is 0 Å². The molecule has 1 fully saturated rings. The van der Waals surface area contributed by atoms with Crippen LogP contribution < -0.4 is 10.2 Å². The fraction of sp³-hybridized carbons (Fsp3) is 0.647. The van der Waals surface area contributed by atoms with Crippen molar-refractivity contribution >= 4 is 11.9 Å².